The van der Waals surface area contributed by atoms with Crippen LogP contribution in [0.4, 0.5) is 0 Å². The van der Waals surface area contributed by atoms with E-state index in [0.717, 1.165) is 11.5 Å². The SMILES string of the molecule is N#C[C@H]1CSC[C@@H]1O. The smallest absolute Gasteiger partial charge is 0.0821 e. The first-order valence-corrected chi connectivity index (χ1v) is 3.65. The van der Waals surface area contributed by atoms with Crippen LogP contribution >= 0.6 is 11.8 Å². The Kier molecular flexibility index (Phi) is 1.77. The zero-order valence-corrected chi connectivity index (χ0v) is 5.19. The van der Waals surface area contributed by atoms with E-state index >= 15 is 0 Å². The predicted molar refractivity (Wildman–Crippen MR) is 32.4 cm³/mol. The average molecular weight is 129 g/mol. The van der Waals surface area contributed by atoms with Crippen LogP contribution in [0.15, 0.2) is 0 Å². The van der Waals surface area contributed by atoms with Crippen molar-refractivity contribution in [2.45, 2.75) is 6.10 Å². The molecule has 2 atom stereocenters. The van der Waals surface area contributed by atoms with Gasteiger partial charge >= 0.3 is 0 Å². The van der Waals surface area contributed by atoms with Crippen LogP contribution in [-0.2, 0) is 0 Å². The largest absolute Gasteiger partial charge is 0.391 e. The summed E-state index contributed by atoms with van der Waals surface area (Å²) in [6.45, 7) is 0. The van der Waals surface area contributed by atoms with Crippen molar-refractivity contribution in [3.63, 3.8) is 0 Å². The van der Waals surface area contributed by atoms with Crippen LogP contribution in [0.2, 0.25) is 0 Å². The first-order chi connectivity index (χ1) is 3.84. The van der Waals surface area contributed by atoms with Gasteiger partial charge in [-0.25, -0.2) is 0 Å². The lowest BCUT2D eigenvalue weighted by atomic mass is 10.1. The number of hydrogen-bond acceptors (Lipinski definition) is 3. The first-order valence-electron chi connectivity index (χ1n) is 2.50. The molecule has 0 unspecified atom stereocenters. The predicted octanol–water partition coefficient (Wildman–Crippen LogP) is 0.234. The lowest BCUT2D eigenvalue weighted by molar-refractivity contribution is 0.174. The van der Waals surface area contributed by atoms with Crippen molar-refractivity contribution < 1.29 is 5.11 Å². The van der Waals surface area contributed by atoms with Gasteiger partial charge in [-0.1, -0.05) is 0 Å². The summed E-state index contributed by atoms with van der Waals surface area (Å²) in [5.41, 5.74) is 0. The second-order valence-electron chi connectivity index (χ2n) is 1.84. The van der Waals surface area contributed by atoms with Crippen LogP contribution in [-0.4, -0.2) is 22.7 Å². The van der Waals surface area contributed by atoms with E-state index in [1.54, 1.807) is 11.8 Å². The minimum absolute atomic E-state index is 0.111. The molecule has 2 nitrogen and oxygen atoms in total. The number of aliphatic hydroxyl groups is 1. The fraction of sp³-hybridized carbons (Fsp3) is 0.800. The Hall–Kier alpha value is -0.200. The Labute approximate surface area is 52.5 Å². The Morgan fingerprint density at radius 3 is 2.62 bits per heavy atom. The molecule has 0 aromatic heterocycles. The summed E-state index contributed by atoms with van der Waals surface area (Å²) < 4.78 is 0. The van der Waals surface area contributed by atoms with Gasteiger partial charge in [-0.2, -0.15) is 17.0 Å². The Morgan fingerprint density at radius 1 is 1.62 bits per heavy atom. The highest BCUT2D eigenvalue weighted by Crippen LogP contribution is 2.22. The van der Waals surface area contributed by atoms with Gasteiger partial charge in [-0.3, -0.25) is 0 Å². The summed E-state index contributed by atoms with van der Waals surface area (Å²) in [5, 5.41) is 17.3. The highest BCUT2D eigenvalue weighted by molar-refractivity contribution is 7.99. The zero-order valence-electron chi connectivity index (χ0n) is 4.37. The van der Waals surface area contributed by atoms with E-state index in [1.165, 1.54) is 0 Å². The third-order valence-electron chi connectivity index (χ3n) is 1.22. The van der Waals surface area contributed by atoms with Crippen molar-refractivity contribution in [1.82, 2.24) is 0 Å². The molecule has 0 bridgehead atoms. The highest BCUT2D eigenvalue weighted by Gasteiger charge is 2.24. The molecular weight excluding hydrogens is 122 g/mol. The van der Waals surface area contributed by atoms with Crippen molar-refractivity contribution >= 4 is 11.8 Å². The summed E-state index contributed by atoms with van der Waals surface area (Å²) in [6, 6.07) is 2.04. The van der Waals surface area contributed by atoms with Gasteiger partial charge in [0.15, 0.2) is 0 Å². The fourth-order valence-corrected chi connectivity index (χ4v) is 1.83. The Bertz CT molecular complexity index is 120. The number of nitriles is 1. The van der Waals surface area contributed by atoms with Crippen molar-refractivity contribution in [3.05, 3.63) is 0 Å². The number of thioether (sulfide) groups is 1. The van der Waals surface area contributed by atoms with E-state index in [4.69, 9.17) is 10.4 Å². The maximum Gasteiger partial charge on any atom is 0.0821 e. The molecule has 0 amide bonds. The summed E-state index contributed by atoms with van der Waals surface area (Å²) in [5.74, 6) is 1.43. The van der Waals surface area contributed by atoms with E-state index in [9.17, 15) is 0 Å². The molecule has 0 radical (unpaired) electrons. The molecule has 0 aromatic rings. The van der Waals surface area contributed by atoms with Crippen LogP contribution in [0, 0.1) is 17.2 Å². The van der Waals surface area contributed by atoms with Crippen LogP contribution in [0.25, 0.3) is 0 Å². The minimum atomic E-state index is -0.370. The van der Waals surface area contributed by atoms with Gasteiger partial charge < -0.3 is 5.11 Å². The Balaban J connectivity index is 2.45. The summed E-state index contributed by atoms with van der Waals surface area (Å²) in [7, 11) is 0. The molecule has 0 saturated carbocycles. The molecule has 3 heteroatoms. The molecule has 1 heterocycles. The lowest BCUT2D eigenvalue weighted by Gasteiger charge is -1.99. The molecular formula is C5H7NOS. The second-order valence-corrected chi connectivity index (χ2v) is 2.92. The maximum atomic E-state index is 8.95. The van der Waals surface area contributed by atoms with Gasteiger partial charge in [0.2, 0.25) is 0 Å². The van der Waals surface area contributed by atoms with E-state index < -0.39 is 0 Å². The molecule has 0 aromatic carbocycles. The molecule has 1 N–H and O–H groups in total. The van der Waals surface area contributed by atoms with Crippen molar-refractivity contribution in [2.24, 2.45) is 5.92 Å². The Morgan fingerprint density at radius 2 is 2.38 bits per heavy atom. The van der Waals surface area contributed by atoms with E-state index in [0.29, 0.717) is 0 Å². The molecule has 1 rings (SSSR count). The van der Waals surface area contributed by atoms with Crippen molar-refractivity contribution in [2.75, 3.05) is 11.5 Å². The maximum absolute atomic E-state index is 8.95. The second kappa shape index (κ2) is 2.38. The molecule has 0 aliphatic carbocycles. The standard InChI is InChI=1S/C5H7NOS/c6-1-4-2-8-3-5(4)7/h4-5,7H,2-3H2/t4-,5-/m0/s1. The molecule has 44 valence electrons. The molecule has 1 aliphatic heterocycles. The van der Waals surface area contributed by atoms with Crippen LogP contribution in [0.5, 0.6) is 0 Å². The van der Waals surface area contributed by atoms with Gasteiger partial charge in [0.05, 0.1) is 18.1 Å². The first kappa shape index (κ1) is 5.93. The number of aliphatic hydroxyl groups excluding tert-OH is 1. The monoisotopic (exact) mass is 129 g/mol. The molecule has 0 spiro atoms. The number of rotatable bonds is 0. The van der Waals surface area contributed by atoms with Crippen molar-refractivity contribution in [1.29, 1.82) is 5.26 Å². The van der Waals surface area contributed by atoms with Crippen LogP contribution < -0.4 is 0 Å². The van der Waals surface area contributed by atoms with Gasteiger partial charge in [0.25, 0.3) is 0 Å². The topological polar surface area (TPSA) is 44.0 Å². The quantitative estimate of drug-likeness (QED) is 0.509. The van der Waals surface area contributed by atoms with E-state index in [1.807, 2.05) is 6.07 Å². The van der Waals surface area contributed by atoms with Crippen molar-refractivity contribution in [3.8, 4) is 6.07 Å². The third kappa shape index (κ3) is 0.960. The number of hydrogen-bond donors (Lipinski definition) is 1. The molecule has 1 aliphatic rings. The third-order valence-corrected chi connectivity index (χ3v) is 2.39. The van der Waals surface area contributed by atoms with Crippen LogP contribution in [0.3, 0.4) is 0 Å². The zero-order chi connectivity index (χ0) is 5.98. The number of nitrogens with zero attached hydrogens (tertiary/aromatic N) is 1. The molecule has 1 saturated heterocycles. The normalized spacial score (nSPS) is 37.0. The van der Waals surface area contributed by atoms with E-state index in [2.05, 4.69) is 0 Å². The molecule has 8 heavy (non-hydrogen) atoms. The van der Waals surface area contributed by atoms with Gasteiger partial charge in [-0.15, -0.1) is 0 Å². The minimum Gasteiger partial charge on any atom is -0.391 e. The van der Waals surface area contributed by atoms with Gasteiger partial charge in [0.1, 0.15) is 0 Å². The van der Waals surface area contributed by atoms with Crippen LogP contribution in [0.1, 0.15) is 0 Å². The summed E-state index contributed by atoms with van der Waals surface area (Å²) in [6.07, 6.45) is -0.370. The summed E-state index contributed by atoms with van der Waals surface area (Å²) in [4.78, 5) is 0. The summed E-state index contributed by atoms with van der Waals surface area (Å²) >= 11 is 1.64. The lowest BCUT2D eigenvalue weighted by Crippen LogP contribution is -2.14. The van der Waals surface area contributed by atoms with Gasteiger partial charge in [0, 0.05) is 11.5 Å². The van der Waals surface area contributed by atoms with Gasteiger partial charge in [-0.05, 0) is 0 Å². The molecule has 1 fully saturated rings. The fourth-order valence-electron chi connectivity index (χ4n) is 0.666. The highest BCUT2D eigenvalue weighted by atomic mass is 32.2. The van der Waals surface area contributed by atoms with E-state index in [-0.39, 0.29) is 12.0 Å². The average Bonchev–Trinajstić information content (AvgIpc) is 2.14.